The summed E-state index contributed by atoms with van der Waals surface area (Å²) in [5.41, 5.74) is 0.514. The number of rotatable bonds is 13. The molecule has 4 fully saturated rings. The Kier molecular flexibility index (Phi) is 13.3. The maximum atomic E-state index is 15.0. The number of aromatic nitrogens is 2. The van der Waals surface area contributed by atoms with Crippen LogP contribution in [-0.2, 0) is 9.59 Å². The van der Waals surface area contributed by atoms with Gasteiger partial charge in [0.2, 0.25) is 11.8 Å². The minimum Gasteiger partial charge on any atom is -0.490 e. The number of nitrogens with zero attached hydrogens (tertiary/aromatic N) is 5. The van der Waals surface area contributed by atoms with Crippen LogP contribution in [0, 0.1) is 23.1 Å². The molecule has 2 saturated heterocycles. The van der Waals surface area contributed by atoms with Crippen molar-refractivity contribution in [2.75, 3.05) is 24.5 Å². The number of benzene rings is 2. The summed E-state index contributed by atoms with van der Waals surface area (Å²) in [6.45, 7) is 7.08. The zero-order valence-electron chi connectivity index (χ0n) is 33.3. The van der Waals surface area contributed by atoms with Gasteiger partial charge in [0.25, 0.3) is 11.8 Å². The standard InChI is InChI=1S/C43H50ClFN8O6/c1-25(2)53(29-17-33(18-29)59-32-9-10-34(36(45)20-32)41(55)50-37-11-12-40(54)51-42(37)56)24-26-13-15-52(16-14-26)39-23-47-38(22-48-39)43(57)49-28-4-7-30(8-5-28)58-31-6-3-27(21-46)35(44)19-31/h3,6,9-10,19-20,22-23,25-26,28-30,33,37H,4-5,7-8,11-18,24H2,1-2H3,(H,49,57)(H,50,55)(H,51,54,56). The van der Waals surface area contributed by atoms with E-state index in [0.29, 0.717) is 45.8 Å². The summed E-state index contributed by atoms with van der Waals surface area (Å²) in [7, 11) is 0. The van der Waals surface area contributed by atoms with Gasteiger partial charge in [-0.1, -0.05) is 11.6 Å². The topological polar surface area (TPSA) is 179 Å². The van der Waals surface area contributed by atoms with Crippen molar-refractivity contribution in [1.29, 1.82) is 5.26 Å². The van der Waals surface area contributed by atoms with E-state index in [1.807, 2.05) is 6.07 Å². The highest BCUT2D eigenvalue weighted by atomic mass is 35.5. The first-order chi connectivity index (χ1) is 28.4. The van der Waals surface area contributed by atoms with Crippen LogP contribution in [0.1, 0.15) is 104 Å². The first-order valence-electron chi connectivity index (χ1n) is 20.5. The number of hydrogen-bond donors (Lipinski definition) is 3. The molecule has 7 rings (SSSR count). The van der Waals surface area contributed by atoms with Gasteiger partial charge in [0.05, 0.1) is 34.6 Å². The minimum absolute atomic E-state index is 0.0137. The summed E-state index contributed by atoms with van der Waals surface area (Å²) in [5.74, 6) is -0.417. The Hall–Kier alpha value is -5.33. The molecule has 312 valence electrons. The van der Waals surface area contributed by atoms with E-state index in [1.54, 1.807) is 36.7 Å². The van der Waals surface area contributed by atoms with Gasteiger partial charge in [-0.15, -0.1) is 0 Å². The highest BCUT2D eigenvalue weighted by molar-refractivity contribution is 6.31. The highest BCUT2D eigenvalue weighted by Gasteiger charge is 2.38. The molecule has 3 N–H and O–H groups in total. The van der Waals surface area contributed by atoms with Gasteiger partial charge in [-0.2, -0.15) is 5.26 Å². The van der Waals surface area contributed by atoms with Crippen LogP contribution in [0.3, 0.4) is 0 Å². The molecule has 59 heavy (non-hydrogen) atoms. The number of carbonyl (C=O) groups excluding carboxylic acids is 4. The van der Waals surface area contributed by atoms with Gasteiger partial charge in [-0.25, -0.2) is 14.4 Å². The molecular weight excluding hydrogens is 779 g/mol. The Morgan fingerprint density at radius 3 is 2.31 bits per heavy atom. The molecule has 2 aliphatic carbocycles. The Bertz CT molecular complexity index is 2060. The van der Waals surface area contributed by atoms with Crippen LogP contribution in [0.15, 0.2) is 48.8 Å². The fourth-order valence-electron chi connectivity index (χ4n) is 8.38. The van der Waals surface area contributed by atoms with Crippen molar-refractivity contribution < 1.29 is 33.0 Å². The monoisotopic (exact) mass is 828 g/mol. The number of nitriles is 1. The fraction of sp³-hybridized carbons (Fsp3) is 0.512. The summed E-state index contributed by atoms with van der Waals surface area (Å²) >= 11 is 6.15. The fourth-order valence-corrected chi connectivity index (χ4v) is 8.59. The normalized spacial score (nSPS) is 23.5. The third-order valence-electron chi connectivity index (χ3n) is 11.9. The van der Waals surface area contributed by atoms with Crippen LogP contribution >= 0.6 is 11.6 Å². The number of halogens is 2. The summed E-state index contributed by atoms with van der Waals surface area (Å²) in [5, 5.41) is 17.2. The number of nitrogens with one attached hydrogen (secondary N) is 3. The minimum atomic E-state index is -0.887. The molecule has 14 nitrogen and oxygen atoms in total. The Balaban J connectivity index is 0.811. The van der Waals surface area contributed by atoms with E-state index in [4.69, 9.17) is 26.3 Å². The first kappa shape index (κ1) is 41.8. The van der Waals surface area contributed by atoms with Gasteiger partial charge in [0, 0.05) is 69.2 Å². The lowest BCUT2D eigenvalue weighted by atomic mass is 9.85. The predicted molar refractivity (Wildman–Crippen MR) is 217 cm³/mol. The Morgan fingerprint density at radius 1 is 0.949 bits per heavy atom. The molecule has 4 amide bonds. The second-order valence-electron chi connectivity index (χ2n) is 16.3. The van der Waals surface area contributed by atoms with E-state index in [9.17, 15) is 23.6 Å². The molecule has 0 radical (unpaired) electrons. The van der Waals surface area contributed by atoms with Gasteiger partial charge >= 0.3 is 0 Å². The van der Waals surface area contributed by atoms with E-state index < -0.39 is 29.6 Å². The van der Waals surface area contributed by atoms with Crippen molar-refractivity contribution in [3.8, 4) is 17.6 Å². The van der Waals surface area contributed by atoms with Crippen LogP contribution in [0.2, 0.25) is 5.02 Å². The van der Waals surface area contributed by atoms with Crippen LogP contribution in [0.4, 0.5) is 10.2 Å². The van der Waals surface area contributed by atoms with E-state index in [2.05, 4.69) is 49.6 Å². The van der Waals surface area contributed by atoms with Crippen molar-refractivity contribution in [2.24, 2.45) is 5.92 Å². The third-order valence-corrected chi connectivity index (χ3v) is 12.2. The predicted octanol–water partition coefficient (Wildman–Crippen LogP) is 5.33. The second-order valence-corrected chi connectivity index (χ2v) is 16.7. The molecule has 2 saturated carbocycles. The smallest absolute Gasteiger partial charge is 0.271 e. The van der Waals surface area contributed by atoms with E-state index in [0.717, 1.165) is 76.8 Å². The first-order valence-corrected chi connectivity index (χ1v) is 20.9. The lowest BCUT2D eigenvalue weighted by Crippen LogP contribution is -2.53. The lowest BCUT2D eigenvalue weighted by molar-refractivity contribution is -0.134. The number of carbonyl (C=O) groups is 4. The molecule has 1 atom stereocenters. The number of hydrogen-bond acceptors (Lipinski definition) is 11. The van der Waals surface area contributed by atoms with Gasteiger partial charge < -0.3 is 25.0 Å². The molecule has 3 heterocycles. The number of amides is 4. The number of imide groups is 1. The summed E-state index contributed by atoms with van der Waals surface area (Å²) < 4.78 is 27.1. The second kappa shape index (κ2) is 18.7. The van der Waals surface area contributed by atoms with Crippen LogP contribution in [0.25, 0.3) is 0 Å². The molecule has 3 aromatic rings. The Morgan fingerprint density at radius 2 is 1.66 bits per heavy atom. The molecular formula is C43H50ClFN8O6. The third kappa shape index (κ3) is 10.5. The van der Waals surface area contributed by atoms with Crippen LogP contribution in [-0.4, -0.2) is 94.5 Å². The zero-order chi connectivity index (χ0) is 41.6. The molecule has 16 heteroatoms. The molecule has 1 unspecified atom stereocenters. The van der Waals surface area contributed by atoms with Gasteiger partial charge in [-0.05, 0) is 89.0 Å². The SMILES string of the molecule is CC(C)N(CC1CCN(c2cnc(C(=O)NC3CCC(Oc4ccc(C#N)c(Cl)c4)CC3)cn2)CC1)C1CC(Oc2ccc(C(=O)NC3CCC(=O)NC3=O)c(F)c2)C1. The van der Waals surface area contributed by atoms with Crippen LogP contribution in [0.5, 0.6) is 11.5 Å². The van der Waals surface area contributed by atoms with Gasteiger partial charge in [0.1, 0.15) is 47.0 Å². The number of piperidine rings is 2. The lowest BCUT2D eigenvalue weighted by Gasteiger charge is -2.46. The van der Waals surface area contributed by atoms with Gasteiger partial charge in [0.15, 0.2) is 0 Å². The van der Waals surface area contributed by atoms with E-state index in [1.165, 1.54) is 12.1 Å². The summed E-state index contributed by atoms with van der Waals surface area (Å²) in [6, 6.07) is 11.1. The number of ether oxygens (including phenoxy) is 2. The molecule has 1 aromatic heterocycles. The summed E-state index contributed by atoms with van der Waals surface area (Å²) in [4.78, 5) is 62.9. The number of anilines is 1. The molecule has 0 spiro atoms. The van der Waals surface area contributed by atoms with Crippen molar-refractivity contribution in [3.63, 3.8) is 0 Å². The van der Waals surface area contributed by atoms with Crippen molar-refractivity contribution in [3.05, 3.63) is 76.5 Å². The average molecular weight is 829 g/mol. The quantitative estimate of drug-likeness (QED) is 0.190. The van der Waals surface area contributed by atoms with Crippen molar-refractivity contribution >= 4 is 41.0 Å². The highest BCUT2D eigenvalue weighted by Crippen LogP contribution is 2.34. The summed E-state index contributed by atoms with van der Waals surface area (Å²) in [6.07, 6.45) is 10.2. The van der Waals surface area contributed by atoms with E-state index >= 15 is 0 Å². The molecule has 0 bridgehead atoms. The van der Waals surface area contributed by atoms with Crippen LogP contribution < -0.4 is 30.3 Å². The largest absolute Gasteiger partial charge is 0.490 e. The molecule has 2 aromatic carbocycles. The van der Waals surface area contributed by atoms with E-state index in [-0.39, 0.29) is 42.6 Å². The average Bonchev–Trinajstić information content (AvgIpc) is 3.20. The molecule has 2 aliphatic heterocycles. The van der Waals surface area contributed by atoms with Gasteiger partial charge in [-0.3, -0.25) is 29.4 Å². The Labute approximate surface area is 348 Å². The van der Waals surface area contributed by atoms with Crippen molar-refractivity contribution in [2.45, 2.75) is 114 Å². The zero-order valence-corrected chi connectivity index (χ0v) is 34.1. The maximum absolute atomic E-state index is 15.0. The maximum Gasteiger partial charge on any atom is 0.271 e. The molecule has 4 aliphatic rings. The van der Waals surface area contributed by atoms with Crippen molar-refractivity contribution in [1.82, 2.24) is 30.8 Å².